The van der Waals surface area contributed by atoms with Gasteiger partial charge < -0.3 is 19.0 Å². The first-order chi connectivity index (χ1) is 13.6. The first-order valence-electron chi connectivity index (χ1n) is 10.1. The highest BCUT2D eigenvalue weighted by molar-refractivity contribution is 5.90. The van der Waals surface area contributed by atoms with Gasteiger partial charge in [-0.2, -0.15) is 0 Å². The summed E-state index contributed by atoms with van der Waals surface area (Å²) >= 11 is 0. The fourth-order valence-corrected chi connectivity index (χ4v) is 4.02. The van der Waals surface area contributed by atoms with Crippen molar-refractivity contribution >= 4 is 5.91 Å². The number of nitrogens with one attached hydrogen (secondary N) is 1. The van der Waals surface area contributed by atoms with E-state index < -0.39 is 0 Å². The number of ether oxygens (including phenoxy) is 1. The van der Waals surface area contributed by atoms with Crippen LogP contribution in [0.4, 0.5) is 0 Å². The fourth-order valence-electron chi connectivity index (χ4n) is 4.02. The molecule has 2 aromatic heterocycles. The van der Waals surface area contributed by atoms with Gasteiger partial charge in [0.05, 0.1) is 19.4 Å². The minimum absolute atomic E-state index is 0.0126. The summed E-state index contributed by atoms with van der Waals surface area (Å²) in [6.07, 6.45) is 4.63. The van der Waals surface area contributed by atoms with Gasteiger partial charge in [0.2, 0.25) is 5.82 Å². The van der Waals surface area contributed by atoms with E-state index in [0.29, 0.717) is 19.0 Å². The van der Waals surface area contributed by atoms with Crippen molar-refractivity contribution in [1.29, 1.82) is 0 Å². The maximum Gasteiger partial charge on any atom is 0.289 e. The predicted octanol–water partition coefficient (Wildman–Crippen LogP) is 2.21. The second-order valence-electron chi connectivity index (χ2n) is 8.16. The molecule has 2 aliphatic heterocycles. The van der Waals surface area contributed by atoms with Crippen LogP contribution in [0.25, 0.3) is 0 Å². The van der Waals surface area contributed by atoms with E-state index >= 15 is 0 Å². The Morgan fingerprint density at radius 2 is 2.18 bits per heavy atom. The van der Waals surface area contributed by atoms with Gasteiger partial charge in [0, 0.05) is 18.0 Å². The molecule has 4 heterocycles. The molecule has 0 aliphatic carbocycles. The minimum atomic E-state index is -0.152. The first kappa shape index (κ1) is 19.1. The fraction of sp³-hybridized carbons (Fsp3) is 0.650. The predicted molar refractivity (Wildman–Crippen MR) is 103 cm³/mol. The molecule has 1 saturated heterocycles. The van der Waals surface area contributed by atoms with Crippen LogP contribution in [0.15, 0.2) is 22.8 Å². The zero-order valence-corrected chi connectivity index (χ0v) is 16.7. The lowest BCUT2D eigenvalue weighted by Crippen LogP contribution is -2.44. The van der Waals surface area contributed by atoms with E-state index in [0.717, 1.165) is 57.0 Å². The number of aromatic nitrogens is 3. The number of amides is 1. The van der Waals surface area contributed by atoms with Gasteiger partial charge in [-0.3, -0.25) is 9.69 Å². The second kappa shape index (κ2) is 8.05. The van der Waals surface area contributed by atoms with E-state index in [9.17, 15) is 4.79 Å². The Bertz CT molecular complexity index is 793. The Labute approximate surface area is 165 Å². The highest BCUT2D eigenvalue weighted by Crippen LogP contribution is 2.36. The lowest BCUT2D eigenvalue weighted by molar-refractivity contribution is -0.00677. The second-order valence-corrected chi connectivity index (χ2v) is 8.16. The number of fused-ring (bicyclic) bond motifs is 1. The summed E-state index contributed by atoms with van der Waals surface area (Å²) in [7, 11) is 0. The molecule has 0 saturated carbocycles. The molecule has 2 aliphatic rings. The Hall–Kier alpha value is -2.19. The summed E-state index contributed by atoms with van der Waals surface area (Å²) < 4.78 is 13.4. The molecule has 1 spiro atoms. The van der Waals surface area contributed by atoms with E-state index in [1.165, 1.54) is 0 Å². The largest absolute Gasteiger partial charge is 0.468 e. The van der Waals surface area contributed by atoms with Gasteiger partial charge in [-0.05, 0) is 51.4 Å². The van der Waals surface area contributed by atoms with Crippen LogP contribution in [0.2, 0.25) is 0 Å². The van der Waals surface area contributed by atoms with Crippen molar-refractivity contribution in [2.75, 3.05) is 19.7 Å². The number of hydrogen-bond acceptors (Lipinski definition) is 6. The van der Waals surface area contributed by atoms with Gasteiger partial charge >= 0.3 is 0 Å². The highest BCUT2D eigenvalue weighted by Gasteiger charge is 2.39. The molecule has 8 heteroatoms. The van der Waals surface area contributed by atoms with Crippen molar-refractivity contribution in [2.24, 2.45) is 5.41 Å². The molecule has 0 aromatic carbocycles. The quantitative estimate of drug-likeness (QED) is 0.847. The summed E-state index contributed by atoms with van der Waals surface area (Å²) in [6.45, 7) is 8.67. The van der Waals surface area contributed by atoms with E-state index in [1.807, 2.05) is 23.6 Å². The van der Waals surface area contributed by atoms with Crippen molar-refractivity contribution in [3.05, 3.63) is 35.8 Å². The molecule has 2 aromatic rings. The zero-order valence-electron chi connectivity index (χ0n) is 16.7. The molecule has 1 fully saturated rings. The third-order valence-corrected chi connectivity index (χ3v) is 6.03. The van der Waals surface area contributed by atoms with Gasteiger partial charge in [-0.1, -0.05) is 6.92 Å². The van der Waals surface area contributed by atoms with Crippen LogP contribution in [0, 0.1) is 5.41 Å². The number of likely N-dealkylation sites (tertiary alicyclic amines) is 1. The highest BCUT2D eigenvalue weighted by atomic mass is 16.5. The lowest BCUT2D eigenvalue weighted by Gasteiger charge is -2.40. The summed E-state index contributed by atoms with van der Waals surface area (Å²) in [5.74, 6) is 1.99. The van der Waals surface area contributed by atoms with E-state index in [1.54, 1.807) is 6.26 Å². The van der Waals surface area contributed by atoms with Gasteiger partial charge in [0.15, 0.2) is 5.82 Å². The average Bonchev–Trinajstić information content (AvgIpc) is 3.30. The molecule has 1 atom stereocenters. The number of nitrogens with zero attached hydrogens (tertiary/aromatic N) is 4. The average molecular weight is 387 g/mol. The van der Waals surface area contributed by atoms with Crippen LogP contribution in [0.3, 0.4) is 0 Å². The van der Waals surface area contributed by atoms with Gasteiger partial charge in [-0.15, -0.1) is 10.2 Å². The number of carbonyl (C=O) groups is 1. The number of hydrogen-bond donors (Lipinski definition) is 1. The Morgan fingerprint density at radius 1 is 1.36 bits per heavy atom. The molecular formula is C20H29N5O3. The molecule has 0 unspecified atom stereocenters. The molecule has 4 rings (SSSR count). The SMILES string of the molecule is CC[C@@H](C)NC(=O)c1nnc2n1CC1(CCN(Cc3ccco3)CC1)COC2. The van der Waals surface area contributed by atoms with Crippen molar-refractivity contribution < 1.29 is 13.9 Å². The summed E-state index contributed by atoms with van der Waals surface area (Å²) in [6, 6.07) is 4.06. The minimum Gasteiger partial charge on any atom is -0.468 e. The third kappa shape index (κ3) is 3.98. The number of carbonyl (C=O) groups excluding carboxylic acids is 1. The van der Waals surface area contributed by atoms with E-state index in [-0.39, 0.29) is 17.4 Å². The van der Waals surface area contributed by atoms with Crippen LogP contribution < -0.4 is 5.32 Å². The van der Waals surface area contributed by atoms with E-state index in [2.05, 4.69) is 27.3 Å². The number of rotatable bonds is 5. The molecule has 28 heavy (non-hydrogen) atoms. The Balaban J connectivity index is 1.46. The number of furan rings is 1. The maximum atomic E-state index is 12.7. The smallest absolute Gasteiger partial charge is 0.289 e. The van der Waals surface area contributed by atoms with Crippen molar-refractivity contribution in [3.63, 3.8) is 0 Å². The molecule has 8 nitrogen and oxygen atoms in total. The third-order valence-electron chi connectivity index (χ3n) is 6.03. The maximum absolute atomic E-state index is 12.7. The zero-order chi connectivity index (χ0) is 19.6. The van der Waals surface area contributed by atoms with Crippen molar-refractivity contribution in [2.45, 2.75) is 58.8 Å². The molecule has 152 valence electrons. The normalized spacial score (nSPS) is 20.5. The van der Waals surface area contributed by atoms with Gasteiger partial charge in [-0.25, -0.2) is 0 Å². The summed E-state index contributed by atoms with van der Waals surface area (Å²) in [4.78, 5) is 15.1. The van der Waals surface area contributed by atoms with E-state index in [4.69, 9.17) is 9.15 Å². The van der Waals surface area contributed by atoms with Crippen LogP contribution in [0.1, 0.15) is 55.3 Å². The standard InChI is InChI=1S/C20H29N5O3/c1-3-15(2)21-19(26)18-23-22-17-12-27-14-20(13-25(17)18)6-8-24(9-7-20)11-16-5-4-10-28-16/h4-5,10,15H,3,6-9,11-14H2,1-2H3,(H,21,26)/t15-/m1/s1. The topological polar surface area (TPSA) is 85.4 Å². The Kier molecular flexibility index (Phi) is 5.50. The molecule has 0 bridgehead atoms. The first-order valence-corrected chi connectivity index (χ1v) is 10.1. The molecule has 1 N–H and O–H groups in total. The van der Waals surface area contributed by atoms with Crippen LogP contribution in [0.5, 0.6) is 0 Å². The molecular weight excluding hydrogens is 358 g/mol. The van der Waals surface area contributed by atoms with Crippen LogP contribution in [-0.4, -0.2) is 51.3 Å². The monoisotopic (exact) mass is 387 g/mol. The Morgan fingerprint density at radius 3 is 2.89 bits per heavy atom. The summed E-state index contributed by atoms with van der Waals surface area (Å²) in [5.41, 5.74) is 0.0126. The van der Waals surface area contributed by atoms with Gasteiger partial charge in [0.25, 0.3) is 5.91 Å². The van der Waals surface area contributed by atoms with Crippen molar-refractivity contribution in [3.8, 4) is 0 Å². The number of piperidine rings is 1. The van der Waals surface area contributed by atoms with Crippen LogP contribution in [-0.2, 0) is 24.4 Å². The molecule has 1 amide bonds. The lowest BCUT2D eigenvalue weighted by atomic mass is 9.79. The van der Waals surface area contributed by atoms with Crippen molar-refractivity contribution in [1.82, 2.24) is 25.0 Å². The summed E-state index contributed by atoms with van der Waals surface area (Å²) in [5, 5.41) is 11.4. The van der Waals surface area contributed by atoms with Gasteiger partial charge in [0.1, 0.15) is 12.4 Å². The van der Waals surface area contributed by atoms with Crippen LogP contribution >= 0.6 is 0 Å². The molecule has 0 radical (unpaired) electrons.